The molecule has 0 saturated heterocycles. The number of aliphatic imine (C=N–C) groups is 1. The summed E-state index contributed by atoms with van der Waals surface area (Å²) in [5, 5.41) is 6.64. The number of rotatable bonds is 4. The van der Waals surface area contributed by atoms with E-state index in [9.17, 15) is 0 Å². The molecule has 1 heterocycles. The van der Waals surface area contributed by atoms with E-state index in [1.54, 1.807) is 11.3 Å². The minimum atomic E-state index is 0. The first-order valence-corrected chi connectivity index (χ1v) is 6.90. The molecule has 4 nitrogen and oxygen atoms in total. The van der Waals surface area contributed by atoms with E-state index < -0.39 is 0 Å². The van der Waals surface area contributed by atoms with Gasteiger partial charge in [0, 0.05) is 26.0 Å². The molecule has 2 rings (SSSR count). The molecule has 0 amide bonds. The Morgan fingerprint density at radius 2 is 2.33 bits per heavy atom. The molecule has 102 valence electrons. The fraction of sp³-hybridized carbons (Fsp3) is 0.667. The average Bonchev–Trinajstić information content (AvgIpc) is 3.03. The third-order valence-electron chi connectivity index (χ3n) is 2.88. The zero-order chi connectivity index (χ0) is 12.3. The van der Waals surface area contributed by atoms with Gasteiger partial charge in [0.05, 0.1) is 17.2 Å². The Bertz CT molecular complexity index is 401. The molecular formula is C12H21IN4S. The molecule has 6 heteroatoms. The van der Waals surface area contributed by atoms with Gasteiger partial charge in [-0.1, -0.05) is 0 Å². The van der Waals surface area contributed by atoms with Gasteiger partial charge in [-0.25, -0.2) is 4.98 Å². The van der Waals surface area contributed by atoms with Crippen molar-refractivity contribution in [3.63, 3.8) is 0 Å². The van der Waals surface area contributed by atoms with E-state index in [4.69, 9.17) is 0 Å². The van der Waals surface area contributed by atoms with E-state index in [2.05, 4.69) is 32.6 Å². The van der Waals surface area contributed by atoms with Crippen molar-refractivity contribution in [3.05, 3.63) is 16.1 Å². The summed E-state index contributed by atoms with van der Waals surface area (Å²) in [4.78, 5) is 10.9. The van der Waals surface area contributed by atoms with Gasteiger partial charge in [0.15, 0.2) is 5.96 Å². The van der Waals surface area contributed by atoms with Crippen LogP contribution in [0.2, 0.25) is 0 Å². The van der Waals surface area contributed by atoms with E-state index in [1.807, 2.05) is 14.0 Å². The Hall–Kier alpha value is -0.370. The van der Waals surface area contributed by atoms with Crippen LogP contribution < -0.4 is 5.32 Å². The molecule has 1 aliphatic carbocycles. The molecule has 1 aromatic heterocycles. The van der Waals surface area contributed by atoms with E-state index in [0.717, 1.165) is 35.7 Å². The van der Waals surface area contributed by atoms with Crippen LogP contribution in [0, 0.1) is 12.8 Å². The van der Waals surface area contributed by atoms with Crippen LogP contribution in [0.15, 0.2) is 10.4 Å². The molecule has 1 saturated carbocycles. The smallest absolute Gasteiger partial charge is 0.193 e. The highest BCUT2D eigenvalue weighted by Crippen LogP contribution is 2.27. The molecule has 0 spiro atoms. The molecule has 18 heavy (non-hydrogen) atoms. The van der Waals surface area contributed by atoms with E-state index in [1.165, 1.54) is 12.8 Å². The number of hydrogen-bond acceptors (Lipinski definition) is 3. The summed E-state index contributed by atoms with van der Waals surface area (Å²) >= 11 is 1.70. The number of hydrogen-bond donors (Lipinski definition) is 1. The summed E-state index contributed by atoms with van der Waals surface area (Å²) in [7, 11) is 3.88. The van der Waals surface area contributed by atoms with Crippen molar-refractivity contribution >= 4 is 41.3 Å². The quantitative estimate of drug-likeness (QED) is 0.496. The lowest BCUT2D eigenvalue weighted by Gasteiger charge is -2.21. The van der Waals surface area contributed by atoms with Crippen molar-refractivity contribution in [2.24, 2.45) is 10.9 Å². The summed E-state index contributed by atoms with van der Waals surface area (Å²) in [5.74, 6) is 1.82. The summed E-state index contributed by atoms with van der Waals surface area (Å²) in [6.45, 7) is 3.90. The maximum absolute atomic E-state index is 4.47. The second kappa shape index (κ2) is 7.28. The van der Waals surface area contributed by atoms with Crippen LogP contribution in [-0.2, 0) is 6.54 Å². The molecule has 0 bridgehead atoms. The van der Waals surface area contributed by atoms with Gasteiger partial charge in [0.25, 0.3) is 0 Å². The predicted molar refractivity (Wildman–Crippen MR) is 87.8 cm³/mol. The van der Waals surface area contributed by atoms with Gasteiger partial charge in [0.1, 0.15) is 0 Å². The molecule has 0 unspecified atom stereocenters. The zero-order valence-electron chi connectivity index (χ0n) is 11.1. The average molecular weight is 380 g/mol. The number of aromatic nitrogens is 1. The molecule has 0 aromatic carbocycles. The Morgan fingerprint density at radius 3 is 2.83 bits per heavy atom. The molecule has 1 aliphatic rings. The highest BCUT2D eigenvalue weighted by atomic mass is 127. The number of aryl methyl sites for hydroxylation is 1. The van der Waals surface area contributed by atoms with Crippen molar-refractivity contribution < 1.29 is 0 Å². The van der Waals surface area contributed by atoms with Gasteiger partial charge in [0.2, 0.25) is 0 Å². The summed E-state index contributed by atoms with van der Waals surface area (Å²) in [6, 6.07) is 0. The lowest BCUT2D eigenvalue weighted by molar-refractivity contribution is 0.469. The maximum Gasteiger partial charge on any atom is 0.193 e. The van der Waals surface area contributed by atoms with Gasteiger partial charge in [-0.2, -0.15) is 0 Å². The molecule has 1 fully saturated rings. The van der Waals surface area contributed by atoms with Gasteiger partial charge < -0.3 is 10.2 Å². The molecule has 0 radical (unpaired) electrons. The number of nitrogens with one attached hydrogen (secondary N) is 1. The van der Waals surface area contributed by atoms with Crippen LogP contribution in [0.25, 0.3) is 0 Å². The molecule has 0 atom stereocenters. The number of thiazole rings is 1. The van der Waals surface area contributed by atoms with Crippen molar-refractivity contribution in [1.29, 1.82) is 0 Å². The Morgan fingerprint density at radius 1 is 1.61 bits per heavy atom. The van der Waals surface area contributed by atoms with Crippen molar-refractivity contribution in [3.8, 4) is 0 Å². The summed E-state index contributed by atoms with van der Waals surface area (Å²) in [5.41, 5.74) is 1.12. The molecule has 1 N–H and O–H groups in total. The fourth-order valence-electron chi connectivity index (χ4n) is 1.74. The second-order valence-corrected chi connectivity index (χ2v) is 5.65. The lowest BCUT2D eigenvalue weighted by Crippen LogP contribution is -2.39. The van der Waals surface area contributed by atoms with E-state index in [0.29, 0.717) is 0 Å². The summed E-state index contributed by atoms with van der Waals surface area (Å²) in [6.07, 6.45) is 2.72. The standard InChI is InChI=1S/C12H20N4S.HI/c1-9-15-11(8-17-9)7-16(3)12(13-2)14-6-10-4-5-10;/h8,10H,4-7H2,1-3H3,(H,13,14);1H. The highest BCUT2D eigenvalue weighted by molar-refractivity contribution is 14.0. The van der Waals surface area contributed by atoms with Crippen LogP contribution in [0.1, 0.15) is 23.5 Å². The molecular weight excluding hydrogens is 359 g/mol. The SMILES string of the molecule is CN=C(NCC1CC1)N(C)Cc1csc(C)n1.I. The highest BCUT2D eigenvalue weighted by Gasteiger charge is 2.21. The van der Waals surface area contributed by atoms with Gasteiger partial charge in [-0.05, 0) is 25.7 Å². The Balaban J connectivity index is 0.00000162. The largest absolute Gasteiger partial charge is 0.356 e. The molecule has 0 aliphatic heterocycles. The number of halogens is 1. The third-order valence-corrected chi connectivity index (χ3v) is 3.71. The van der Waals surface area contributed by atoms with Crippen molar-refractivity contribution in [2.75, 3.05) is 20.6 Å². The first kappa shape index (κ1) is 15.7. The topological polar surface area (TPSA) is 40.5 Å². The van der Waals surface area contributed by atoms with Crippen LogP contribution in [-0.4, -0.2) is 36.5 Å². The van der Waals surface area contributed by atoms with Crippen molar-refractivity contribution in [2.45, 2.75) is 26.3 Å². The number of nitrogens with zero attached hydrogens (tertiary/aromatic N) is 3. The monoisotopic (exact) mass is 380 g/mol. The van der Waals surface area contributed by atoms with Crippen LogP contribution >= 0.6 is 35.3 Å². The third kappa shape index (κ3) is 4.72. The fourth-order valence-corrected chi connectivity index (χ4v) is 2.34. The Labute approximate surface area is 130 Å². The van der Waals surface area contributed by atoms with Crippen LogP contribution in [0.4, 0.5) is 0 Å². The van der Waals surface area contributed by atoms with Gasteiger partial charge in [-0.15, -0.1) is 35.3 Å². The van der Waals surface area contributed by atoms with Crippen LogP contribution in [0.5, 0.6) is 0 Å². The van der Waals surface area contributed by atoms with Crippen LogP contribution in [0.3, 0.4) is 0 Å². The van der Waals surface area contributed by atoms with E-state index in [-0.39, 0.29) is 24.0 Å². The van der Waals surface area contributed by atoms with Gasteiger partial charge >= 0.3 is 0 Å². The first-order valence-electron chi connectivity index (χ1n) is 6.02. The molecule has 1 aromatic rings. The van der Waals surface area contributed by atoms with Gasteiger partial charge in [-0.3, -0.25) is 4.99 Å². The normalized spacial score (nSPS) is 15.2. The van der Waals surface area contributed by atoms with E-state index >= 15 is 0 Å². The predicted octanol–water partition coefficient (Wildman–Crippen LogP) is 2.49. The first-order chi connectivity index (χ1) is 8.19. The van der Waals surface area contributed by atoms with Crippen molar-refractivity contribution in [1.82, 2.24) is 15.2 Å². The number of guanidine groups is 1. The minimum absolute atomic E-state index is 0. The zero-order valence-corrected chi connectivity index (χ0v) is 14.3. The Kier molecular flexibility index (Phi) is 6.34. The minimum Gasteiger partial charge on any atom is -0.356 e. The maximum atomic E-state index is 4.47. The second-order valence-electron chi connectivity index (χ2n) is 4.59. The lowest BCUT2D eigenvalue weighted by atomic mass is 10.4. The summed E-state index contributed by atoms with van der Waals surface area (Å²) < 4.78 is 0.